The van der Waals surface area contributed by atoms with E-state index in [1.165, 1.54) is 12.8 Å². The first-order chi connectivity index (χ1) is 8.72. The number of furan rings is 1. The minimum absolute atomic E-state index is 0.0642. The maximum atomic E-state index is 12.1. The Hall–Kier alpha value is -1.61. The average molecular weight is 243 g/mol. The third kappa shape index (κ3) is 2.46. The molecular weight excluding hydrogens is 226 g/mol. The quantitative estimate of drug-likeness (QED) is 0.757. The number of fused-ring (bicyclic) bond motifs is 1. The van der Waals surface area contributed by atoms with E-state index >= 15 is 0 Å². The number of ketones is 1. The molecule has 0 bridgehead atoms. The lowest BCUT2D eigenvalue weighted by Crippen LogP contribution is -2.27. The molecule has 1 aromatic heterocycles. The first-order valence-electron chi connectivity index (χ1n) is 6.43. The van der Waals surface area contributed by atoms with E-state index in [1.54, 1.807) is 0 Å². The third-order valence-corrected chi connectivity index (χ3v) is 3.38. The Morgan fingerprint density at radius 1 is 1.39 bits per heavy atom. The van der Waals surface area contributed by atoms with Gasteiger partial charge in [-0.3, -0.25) is 9.69 Å². The van der Waals surface area contributed by atoms with Crippen molar-refractivity contribution in [3.05, 3.63) is 36.1 Å². The van der Waals surface area contributed by atoms with E-state index in [1.807, 2.05) is 37.4 Å². The highest BCUT2D eigenvalue weighted by atomic mass is 16.3. The Bertz CT molecular complexity index is 536. The van der Waals surface area contributed by atoms with E-state index in [0.717, 1.165) is 23.4 Å². The van der Waals surface area contributed by atoms with Crippen LogP contribution in [0.3, 0.4) is 0 Å². The van der Waals surface area contributed by atoms with Crippen LogP contribution in [-0.4, -0.2) is 30.8 Å². The fourth-order valence-corrected chi connectivity index (χ4v) is 2.25. The number of para-hydroxylation sites is 1. The molecule has 1 fully saturated rings. The second-order valence-corrected chi connectivity index (χ2v) is 5.21. The van der Waals surface area contributed by atoms with Crippen LogP contribution in [0.4, 0.5) is 0 Å². The van der Waals surface area contributed by atoms with Crippen LogP contribution in [0.25, 0.3) is 11.0 Å². The predicted molar refractivity (Wildman–Crippen MR) is 70.8 cm³/mol. The van der Waals surface area contributed by atoms with E-state index in [2.05, 4.69) is 4.90 Å². The lowest BCUT2D eigenvalue weighted by molar-refractivity contribution is 0.0919. The Morgan fingerprint density at radius 3 is 2.89 bits per heavy atom. The van der Waals surface area contributed by atoms with Crippen molar-refractivity contribution in [1.82, 2.24) is 4.90 Å². The van der Waals surface area contributed by atoms with Crippen LogP contribution in [0, 0.1) is 5.92 Å². The maximum Gasteiger partial charge on any atom is 0.211 e. The fourth-order valence-electron chi connectivity index (χ4n) is 2.25. The smallest absolute Gasteiger partial charge is 0.211 e. The first kappa shape index (κ1) is 11.5. The number of carbonyl (C=O) groups excluding carboxylic acids is 1. The van der Waals surface area contributed by atoms with Crippen molar-refractivity contribution in [3.63, 3.8) is 0 Å². The van der Waals surface area contributed by atoms with Crippen molar-refractivity contribution in [1.29, 1.82) is 0 Å². The van der Waals surface area contributed by atoms with Gasteiger partial charge in [0.25, 0.3) is 0 Å². The number of carbonyl (C=O) groups is 1. The molecule has 1 aliphatic rings. The monoisotopic (exact) mass is 243 g/mol. The van der Waals surface area contributed by atoms with Crippen molar-refractivity contribution in [2.24, 2.45) is 5.92 Å². The average Bonchev–Trinajstić information content (AvgIpc) is 3.05. The fraction of sp³-hybridized carbons (Fsp3) is 0.400. The predicted octanol–water partition coefficient (Wildman–Crippen LogP) is 2.96. The van der Waals surface area contributed by atoms with Gasteiger partial charge in [-0.25, -0.2) is 0 Å². The Morgan fingerprint density at radius 2 is 2.17 bits per heavy atom. The molecule has 0 saturated heterocycles. The summed E-state index contributed by atoms with van der Waals surface area (Å²) in [5, 5.41) is 0.991. The normalized spacial score (nSPS) is 15.4. The van der Waals surface area contributed by atoms with Gasteiger partial charge in [-0.15, -0.1) is 0 Å². The molecule has 0 amide bonds. The van der Waals surface area contributed by atoms with E-state index < -0.39 is 0 Å². The van der Waals surface area contributed by atoms with Crippen LogP contribution >= 0.6 is 0 Å². The maximum absolute atomic E-state index is 12.1. The summed E-state index contributed by atoms with van der Waals surface area (Å²) in [7, 11) is 2.00. The van der Waals surface area contributed by atoms with Gasteiger partial charge in [0, 0.05) is 11.9 Å². The summed E-state index contributed by atoms with van der Waals surface area (Å²) in [6.07, 6.45) is 2.62. The zero-order chi connectivity index (χ0) is 12.5. The van der Waals surface area contributed by atoms with Crippen LogP contribution in [0.15, 0.2) is 34.7 Å². The molecule has 18 heavy (non-hydrogen) atoms. The lowest BCUT2D eigenvalue weighted by atomic mass is 10.2. The van der Waals surface area contributed by atoms with Gasteiger partial charge in [0.2, 0.25) is 5.78 Å². The highest BCUT2D eigenvalue weighted by Crippen LogP contribution is 2.29. The van der Waals surface area contributed by atoms with E-state index in [4.69, 9.17) is 4.42 Å². The van der Waals surface area contributed by atoms with Gasteiger partial charge in [-0.1, -0.05) is 18.2 Å². The number of hydrogen-bond acceptors (Lipinski definition) is 3. The van der Waals surface area contributed by atoms with Crippen LogP contribution in [0.1, 0.15) is 23.4 Å². The Labute approximate surface area is 106 Å². The lowest BCUT2D eigenvalue weighted by Gasteiger charge is -2.13. The van der Waals surface area contributed by atoms with Crippen LogP contribution in [0.2, 0.25) is 0 Å². The van der Waals surface area contributed by atoms with Crippen LogP contribution in [0.5, 0.6) is 0 Å². The topological polar surface area (TPSA) is 33.5 Å². The molecule has 2 aromatic rings. The van der Waals surface area contributed by atoms with Gasteiger partial charge in [0.15, 0.2) is 5.76 Å². The number of likely N-dealkylation sites (N-methyl/N-ethyl adjacent to an activating group) is 1. The van der Waals surface area contributed by atoms with Gasteiger partial charge in [-0.05, 0) is 37.9 Å². The summed E-state index contributed by atoms with van der Waals surface area (Å²) < 4.78 is 5.58. The summed E-state index contributed by atoms with van der Waals surface area (Å²) in [5.74, 6) is 1.34. The molecule has 0 N–H and O–H groups in total. The third-order valence-electron chi connectivity index (χ3n) is 3.38. The highest BCUT2D eigenvalue weighted by Gasteiger charge is 2.24. The van der Waals surface area contributed by atoms with Crippen molar-refractivity contribution >= 4 is 16.8 Å². The molecule has 0 spiro atoms. The second-order valence-electron chi connectivity index (χ2n) is 5.21. The van der Waals surface area contributed by atoms with Gasteiger partial charge in [0.05, 0.1) is 6.54 Å². The van der Waals surface area contributed by atoms with Crippen molar-refractivity contribution < 1.29 is 9.21 Å². The molecule has 1 aromatic carbocycles. The summed E-state index contributed by atoms with van der Waals surface area (Å²) in [6, 6.07) is 9.55. The molecule has 0 unspecified atom stereocenters. The highest BCUT2D eigenvalue weighted by molar-refractivity contribution is 5.98. The number of Topliss-reactive ketones (excluding diaryl/α,β-unsaturated/α-hetero) is 1. The number of hydrogen-bond donors (Lipinski definition) is 0. The van der Waals surface area contributed by atoms with Gasteiger partial charge >= 0.3 is 0 Å². The molecule has 0 radical (unpaired) electrons. The van der Waals surface area contributed by atoms with E-state index in [-0.39, 0.29) is 5.78 Å². The molecule has 3 rings (SSSR count). The molecule has 1 aliphatic carbocycles. The first-order valence-corrected chi connectivity index (χ1v) is 6.43. The standard InChI is InChI=1S/C15H17NO2/c1-16(9-11-6-7-11)10-13(17)15-8-12-4-2-3-5-14(12)18-15/h2-5,8,11H,6-7,9-10H2,1H3. The molecular formula is C15H17NO2. The van der Waals surface area contributed by atoms with Gasteiger partial charge in [-0.2, -0.15) is 0 Å². The summed E-state index contributed by atoms with van der Waals surface area (Å²) in [6.45, 7) is 1.46. The zero-order valence-corrected chi connectivity index (χ0v) is 10.6. The zero-order valence-electron chi connectivity index (χ0n) is 10.6. The number of nitrogens with zero attached hydrogens (tertiary/aromatic N) is 1. The SMILES string of the molecule is CN(CC(=O)c1cc2ccccc2o1)CC1CC1. The summed E-state index contributed by atoms with van der Waals surface area (Å²) in [4.78, 5) is 14.2. The Balaban J connectivity index is 1.70. The number of rotatable bonds is 5. The minimum Gasteiger partial charge on any atom is -0.453 e. The van der Waals surface area contributed by atoms with Crippen LogP contribution < -0.4 is 0 Å². The van der Waals surface area contributed by atoms with Gasteiger partial charge in [0.1, 0.15) is 5.58 Å². The molecule has 0 atom stereocenters. The summed E-state index contributed by atoms with van der Waals surface area (Å²) >= 11 is 0. The molecule has 3 nitrogen and oxygen atoms in total. The second kappa shape index (κ2) is 4.58. The Kier molecular flexibility index (Phi) is 2.92. The minimum atomic E-state index is 0.0642. The van der Waals surface area contributed by atoms with Crippen LogP contribution in [-0.2, 0) is 0 Å². The van der Waals surface area contributed by atoms with Crippen molar-refractivity contribution in [2.45, 2.75) is 12.8 Å². The molecule has 0 aliphatic heterocycles. The molecule has 1 heterocycles. The molecule has 94 valence electrons. The molecule has 3 heteroatoms. The van der Waals surface area contributed by atoms with E-state index in [9.17, 15) is 4.79 Å². The van der Waals surface area contributed by atoms with Crippen molar-refractivity contribution in [2.75, 3.05) is 20.1 Å². The molecule has 1 saturated carbocycles. The largest absolute Gasteiger partial charge is 0.453 e. The summed E-state index contributed by atoms with van der Waals surface area (Å²) in [5.41, 5.74) is 0.783. The number of benzene rings is 1. The van der Waals surface area contributed by atoms with Gasteiger partial charge < -0.3 is 4.42 Å². The van der Waals surface area contributed by atoms with E-state index in [0.29, 0.717) is 12.3 Å². The van der Waals surface area contributed by atoms with Crippen molar-refractivity contribution in [3.8, 4) is 0 Å².